The van der Waals surface area contributed by atoms with Crippen LogP contribution in [0.3, 0.4) is 0 Å². The number of nitrogen functional groups attached to an aromatic ring is 1. The van der Waals surface area contributed by atoms with Gasteiger partial charge in [-0.2, -0.15) is 5.10 Å². The lowest BCUT2D eigenvalue weighted by atomic mass is 10.1. The molecule has 1 atom stereocenters. The fourth-order valence-corrected chi connectivity index (χ4v) is 4.21. The van der Waals surface area contributed by atoms with Crippen molar-refractivity contribution in [2.75, 3.05) is 31.2 Å². The number of nitrogens with two attached hydrogens (primary N) is 1. The van der Waals surface area contributed by atoms with Gasteiger partial charge in [0.05, 0.1) is 18.5 Å². The summed E-state index contributed by atoms with van der Waals surface area (Å²) in [7, 11) is 1.59. The zero-order chi connectivity index (χ0) is 22.8. The average Bonchev–Trinajstić information content (AvgIpc) is 3.26. The molecule has 0 unspecified atom stereocenters. The molecule has 2 aromatic carbocycles. The lowest BCUT2D eigenvalue weighted by Gasteiger charge is -2.23. The molecule has 168 valence electrons. The van der Waals surface area contributed by atoms with Crippen LogP contribution in [0.2, 0.25) is 0 Å². The molecule has 9 nitrogen and oxygen atoms in total. The van der Waals surface area contributed by atoms with Gasteiger partial charge in [-0.1, -0.05) is 18.2 Å². The van der Waals surface area contributed by atoms with Crippen LogP contribution in [0.5, 0.6) is 5.75 Å². The van der Waals surface area contributed by atoms with Crippen molar-refractivity contribution in [1.82, 2.24) is 25.1 Å². The van der Waals surface area contributed by atoms with Crippen molar-refractivity contribution < 1.29 is 9.53 Å². The predicted octanol–water partition coefficient (Wildman–Crippen LogP) is 3.26. The van der Waals surface area contributed by atoms with Crippen LogP contribution in [-0.2, 0) is 0 Å². The van der Waals surface area contributed by atoms with Crippen LogP contribution in [0.1, 0.15) is 29.2 Å². The van der Waals surface area contributed by atoms with Crippen molar-refractivity contribution in [3.05, 3.63) is 60.4 Å². The van der Waals surface area contributed by atoms with E-state index < -0.39 is 0 Å². The number of nitrogens with one attached hydrogen (secondary N) is 2. The highest BCUT2D eigenvalue weighted by Gasteiger charge is 2.24. The second kappa shape index (κ2) is 8.87. The van der Waals surface area contributed by atoms with Gasteiger partial charge in [-0.15, -0.1) is 0 Å². The van der Waals surface area contributed by atoms with Crippen molar-refractivity contribution in [3.8, 4) is 17.0 Å². The molecule has 0 bridgehead atoms. The highest BCUT2D eigenvalue weighted by Crippen LogP contribution is 2.33. The summed E-state index contributed by atoms with van der Waals surface area (Å²) in [4.78, 5) is 21.6. The molecule has 3 heterocycles. The number of benzene rings is 2. The molecule has 0 saturated carbocycles. The quantitative estimate of drug-likeness (QED) is 0.433. The number of anilines is 2. The smallest absolute Gasteiger partial charge is 0.255 e. The summed E-state index contributed by atoms with van der Waals surface area (Å²) in [5, 5.41) is 11.9. The number of nitrogens with zero attached hydrogens (tertiary/aromatic N) is 4. The molecule has 1 amide bonds. The van der Waals surface area contributed by atoms with E-state index in [4.69, 9.17) is 15.6 Å². The summed E-state index contributed by atoms with van der Waals surface area (Å²) in [5.74, 6) is 0.817. The maximum absolute atomic E-state index is 12.9. The molecule has 1 aliphatic heterocycles. The number of carbonyl (C=O) groups excluding carboxylic acids is 1. The van der Waals surface area contributed by atoms with Gasteiger partial charge >= 0.3 is 0 Å². The Labute approximate surface area is 191 Å². The second-order valence-electron chi connectivity index (χ2n) is 8.02. The van der Waals surface area contributed by atoms with E-state index in [1.54, 1.807) is 19.2 Å². The van der Waals surface area contributed by atoms with Gasteiger partial charge in [-0.3, -0.25) is 4.79 Å². The lowest BCUT2D eigenvalue weighted by Crippen LogP contribution is -2.32. The van der Waals surface area contributed by atoms with Crippen molar-refractivity contribution in [3.63, 3.8) is 0 Å². The maximum Gasteiger partial charge on any atom is 0.255 e. The maximum atomic E-state index is 12.9. The number of hydrogen-bond donors (Lipinski definition) is 3. The molecular weight excluding hydrogens is 418 g/mol. The van der Waals surface area contributed by atoms with Gasteiger partial charge in [-0.25, -0.2) is 14.6 Å². The van der Waals surface area contributed by atoms with Crippen molar-refractivity contribution in [1.29, 1.82) is 0 Å². The Balaban J connectivity index is 1.51. The molecular formula is C24H25N7O2. The van der Waals surface area contributed by atoms with Gasteiger partial charge in [0.2, 0.25) is 0 Å². The van der Waals surface area contributed by atoms with Crippen LogP contribution >= 0.6 is 0 Å². The Morgan fingerprint density at radius 2 is 2.09 bits per heavy atom. The molecule has 0 radical (unpaired) electrons. The third kappa shape index (κ3) is 4.10. The number of methoxy groups -OCH3 is 1. The van der Waals surface area contributed by atoms with Crippen LogP contribution in [0.4, 0.5) is 11.5 Å². The molecule has 0 spiro atoms. The first-order valence-corrected chi connectivity index (χ1v) is 10.9. The summed E-state index contributed by atoms with van der Waals surface area (Å²) >= 11 is 0. The molecule has 33 heavy (non-hydrogen) atoms. The Bertz CT molecular complexity index is 1310. The third-order valence-electron chi connectivity index (χ3n) is 5.86. The lowest BCUT2D eigenvalue weighted by molar-refractivity contribution is 0.102. The van der Waals surface area contributed by atoms with Crippen molar-refractivity contribution in [2.24, 2.45) is 0 Å². The number of piperidine rings is 1. The van der Waals surface area contributed by atoms with E-state index in [1.807, 2.05) is 41.1 Å². The van der Waals surface area contributed by atoms with E-state index in [-0.39, 0.29) is 11.9 Å². The minimum atomic E-state index is -0.227. The highest BCUT2D eigenvalue weighted by atomic mass is 16.5. The first-order valence-electron chi connectivity index (χ1n) is 10.9. The zero-order valence-electron chi connectivity index (χ0n) is 18.3. The van der Waals surface area contributed by atoms with Gasteiger partial charge in [-0.05, 0) is 43.7 Å². The molecule has 4 aromatic rings. The van der Waals surface area contributed by atoms with E-state index in [0.29, 0.717) is 39.5 Å². The van der Waals surface area contributed by atoms with Crippen LogP contribution in [0.25, 0.3) is 22.3 Å². The first-order chi connectivity index (χ1) is 16.1. The van der Waals surface area contributed by atoms with Crippen LogP contribution < -0.4 is 21.1 Å². The number of fused-ring (bicyclic) bond motifs is 1. The van der Waals surface area contributed by atoms with E-state index in [9.17, 15) is 4.79 Å². The van der Waals surface area contributed by atoms with E-state index in [0.717, 1.165) is 31.5 Å². The Kier molecular flexibility index (Phi) is 5.62. The monoisotopic (exact) mass is 443 g/mol. The standard InChI is InChI=1S/C24H25N7O2/c1-33-19-9-3-7-17(12-19)29-24(32)16-6-2-5-15(11-16)21-20-22(25)27-14-28-23(20)31(30-21)18-8-4-10-26-13-18/h2-3,5-7,9,11-12,14,18,26H,4,8,10,13H2,1H3,(H,29,32)(H2,25,27,28)/t18-/m1/s1. The summed E-state index contributed by atoms with van der Waals surface area (Å²) in [6.45, 7) is 1.83. The topological polar surface area (TPSA) is 120 Å². The molecule has 1 saturated heterocycles. The zero-order valence-corrected chi connectivity index (χ0v) is 18.3. The van der Waals surface area contributed by atoms with Gasteiger partial charge in [0.25, 0.3) is 5.91 Å². The molecule has 9 heteroatoms. The van der Waals surface area contributed by atoms with Gasteiger partial charge < -0.3 is 21.1 Å². The number of hydrogen-bond acceptors (Lipinski definition) is 7. The minimum Gasteiger partial charge on any atom is -0.497 e. The number of ether oxygens (including phenoxy) is 1. The Hall–Kier alpha value is -3.98. The second-order valence-corrected chi connectivity index (χ2v) is 8.02. The van der Waals surface area contributed by atoms with Gasteiger partial charge in [0, 0.05) is 29.4 Å². The fraction of sp³-hybridized carbons (Fsp3) is 0.250. The van der Waals surface area contributed by atoms with E-state index in [1.165, 1.54) is 6.33 Å². The minimum absolute atomic E-state index is 0.184. The van der Waals surface area contributed by atoms with E-state index in [2.05, 4.69) is 20.6 Å². The summed E-state index contributed by atoms with van der Waals surface area (Å²) in [6.07, 6.45) is 3.55. The number of aromatic nitrogens is 4. The highest BCUT2D eigenvalue weighted by molar-refractivity contribution is 6.06. The Morgan fingerprint density at radius 1 is 1.21 bits per heavy atom. The molecule has 0 aliphatic carbocycles. The SMILES string of the molecule is COc1cccc(NC(=O)c2cccc(-c3nn([C@@H]4CCCNC4)c4ncnc(N)c34)c2)c1. The van der Waals surface area contributed by atoms with Crippen molar-refractivity contribution in [2.45, 2.75) is 18.9 Å². The largest absolute Gasteiger partial charge is 0.497 e. The summed E-state index contributed by atoms with van der Waals surface area (Å²) in [6, 6.07) is 14.8. The molecule has 1 aliphatic rings. The van der Waals surface area contributed by atoms with Gasteiger partial charge in [0.15, 0.2) is 5.65 Å². The summed E-state index contributed by atoms with van der Waals surface area (Å²) < 4.78 is 7.18. The molecule has 4 N–H and O–H groups in total. The van der Waals surface area contributed by atoms with E-state index >= 15 is 0 Å². The van der Waals surface area contributed by atoms with Crippen molar-refractivity contribution >= 4 is 28.4 Å². The molecule has 5 rings (SSSR count). The summed E-state index contributed by atoms with van der Waals surface area (Å²) in [5.41, 5.74) is 9.57. The van der Waals surface area contributed by atoms with Crippen LogP contribution in [0, 0.1) is 0 Å². The van der Waals surface area contributed by atoms with Crippen LogP contribution in [-0.4, -0.2) is 45.9 Å². The normalized spacial score (nSPS) is 16.0. The van der Waals surface area contributed by atoms with Crippen LogP contribution in [0.15, 0.2) is 54.9 Å². The fourth-order valence-electron chi connectivity index (χ4n) is 4.21. The number of amides is 1. The predicted molar refractivity (Wildman–Crippen MR) is 127 cm³/mol. The number of carbonyl (C=O) groups is 1. The van der Waals surface area contributed by atoms with Gasteiger partial charge in [0.1, 0.15) is 23.6 Å². The average molecular weight is 444 g/mol. The Morgan fingerprint density at radius 3 is 2.91 bits per heavy atom. The third-order valence-corrected chi connectivity index (χ3v) is 5.86. The number of rotatable bonds is 5. The molecule has 2 aromatic heterocycles. The molecule has 1 fully saturated rings. The first kappa shape index (κ1) is 20.9.